The van der Waals surface area contributed by atoms with Gasteiger partial charge < -0.3 is 14.7 Å². The molecule has 0 saturated heterocycles. The topological polar surface area (TPSA) is 83.8 Å². The molecule has 0 aliphatic heterocycles. The first-order valence-corrected chi connectivity index (χ1v) is 8.25. The summed E-state index contributed by atoms with van der Waals surface area (Å²) in [5.74, 6) is -0.156. The van der Waals surface area contributed by atoms with Crippen molar-refractivity contribution in [3.05, 3.63) is 55.5 Å². The van der Waals surface area contributed by atoms with E-state index >= 15 is 0 Å². The molecule has 0 radical (unpaired) electrons. The Labute approximate surface area is 144 Å². The average molecular weight is 334 g/mol. The van der Waals surface area contributed by atoms with Crippen LogP contribution in [0.25, 0.3) is 27.7 Å². The molecule has 0 spiro atoms. The molecule has 3 aromatic rings. The van der Waals surface area contributed by atoms with E-state index in [0.717, 1.165) is 52.7 Å². The molecule has 126 valence electrons. The van der Waals surface area contributed by atoms with Crippen LogP contribution in [0, 0.1) is 0 Å². The van der Waals surface area contributed by atoms with Gasteiger partial charge in [-0.15, -0.1) is 0 Å². The molecule has 1 unspecified atom stereocenters. The first-order valence-electron chi connectivity index (χ1n) is 8.25. The van der Waals surface area contributed by atoms with E-state index in [0.29, 0.717) is 0 Å². The maximum Gasteiger partial charge on any atom is 0.243 e. The van der Waals surface area contributed by atoms with Crippen LogP contribution < -0.4 is 5.32 Å². The number of amides is 1. The van der Waals surface area contributed by atoms with Gasteiger partial charge in [0, 0.05) is 23.4 Å². The molecule has 1 atom stereocenters. The number of furan rings is 1. The molecule has 4 rings (SSSR count). The van der Waals surface area contributed by atoms with Crippen LogP contribution in [-0.2, 0) is 4.79 Å². The molecule has 0 aromatic carbocycles. The second-order valence-electron chi connectivity index (χ2n) is 6.06. The lowest BCUT2D eigenvalue weighted by Crippen LogP contribution is -2.33. The minimum absolute atomic E-state index is 0.00409. The largest absolute Gasteiger partial charge is 0.472 e. The summed E-state index contributed by atoms with van der Waals surface area (Å²) < 4.78 is 5.22. The van der Waals surface area contributed by atoms with Crippen LogP contribution in [-0.4, -0.2) is 26.9 Å². The summed E-state index contributed by atoms with van der Waals surface area (Å²) in [5, 5.41) is 3.93. The Hall–Kier alpha value is -3.15. The Balaban J connectivity index is 1.79. The number of rotatable bonds is 4. The minimum atomic E-state index is -0.156. The van der Waals surface area contributed by atoms with Gasteiger partial charge in [-0.3, -0.25) is 4.79 Å². The van der Waals surface area contributed by atoms with Crippen molar-refractivity contribution >= 4 is 22.5 Å². The highest BCUT2D eigenvalue weighted by Gasteiger charge is 2.21. The van der Waals surface area contributed by atoms with Gasteiger partial charge in [0.1, 0.15) is 12.0 Å². The van der Waals surface area contributed by atoms with Gasteiger partial charge in [0.15, 0.2) is 0 Å². The van der Waals surface area contributed by atoms with Crippen molar-refractivity contribution in [1.82, 2.24) is 20.3 Å². The van der Waals surface area contributed by atoms with Crippen LogP contribution >= 0.6 is 0 Å². The SMILES string of the molecule is C=CC(=O)NC1C=C(c2ncnc3[nH]cc(-c4ccoc4)c23)CCC1. The van der Waals surface area contributed by atoms with E-state index in [-0.39, 0.29) is 11.9 Å². The van der Waals surface area contributed by atoms with E-state index in [1.54, 1.807) is 18.9 Å². The maximum absolute atomic E-state index is 11.6. The number of carbonyl (C=O) groups excluding carboxylic acids is 1. The van der Waals surface area contributed by atoms with Crippen molar-refractivity contribution in [3.63, 3.8) is 0 Å². The van der Waals surface area contributed by atoms with Gasteiger partial charge in [0.2, 0.25) is 5.91 Å². The number of carbonyl (C=O) groups is 1. The summed E-state index contributed by atoms with van der Waals surface area (Å²) in [6, 6.07) is 1.91. The van der Waals surface area contributed by atoms with E-state index in [1.807, 2.05) is 12.3 Å². The summed E-state index contributed by atoms with van der Waals surface area (Å²) in [6.45, 7) is 3.51. The quantitative estimate of drug-likeness (QED) is 0.716. The van der Waals surface area contributed by atoms with Crippen molar-refractivity contribution < 1.29 is 9.21 Å². The second-order valence-corrected chi connectivity index (χ2v) is 6.06. The molecule has 0 saturated carbocycles. The van der Waals surface area contributed by atoms with Crippen LogP contribution in [0.4, 0.5) is 0 Å². The number of aromatic amines is 1. The number of H-pyrrole nitrogens is 1. The van der Waals surface area contributed by atoms with Crippen LogP contribution in [0.2, 0.25) is 0 Å². The average Bonchev–Trinajstić information content (AvgIpc) is 3.30. The zero-order valence-electron chi connectivity index (χ0n) is 13.7. The normalized spacial score (nSPS) is 17.3. The van der Waals surface area contributed by atoms with Gasteiger partial charge in [-0.05, 0) is 37.0 Å². The fraction of sp³-hybridized carbons (Fsp3) is 0.211. The molecule has 6 nitrogen and oxygen atoms in total. The lowest BCUT2D eigenvalue weighted by molar-refractivity contribution is -0.116. The zero-order valence-corrected chi connectivity index (χ0v) is 13.7. The van der Waals surface area contributed by atoms with E-state index in [2.05, 4.69) is 32.9 Å². The summed E-state index contributed by atoms with van der Waals surface area (Å²) in [7, 11) is 0. The van der Waals surface area contributed by atoms with Gasteiger partial charge >= 0.3 is 0 Å². The highest BCUT2D eigenvalue weighted by Crippen LogP contribution is 2.35. The fourth-order valence-corrected chi connectivity index (χ4v) is 3.33. The molecule has 0 bridgehead atoms. The number of nitrogens with zero attached hydrogens (tertiary/aromatic N) is 2. The van der Waals surface area contributed by atoms with Gasteiger partial charge in [0.25, 0.3) is 0 Å². The molecule has 3 heterocycles. The van der Waals surface area contributed by atoms with Gasteiger partial charge in [-0.1, -0.05) is 12.7 Å². The van der Waals surface area contributed by atoms with Crippen LogP contribution in [0.3, 0.4) is 0 Å². The third kappa shape index (κ3) is 2.87. The number of fused-ring (bicyclic) bond motifs is 1. The Morgan fingerprint density at radius 3 is 3.16 bits per heavy atom. The van der Waals surface area contributed by atoms with Crippen molar-refractivity contribution in [2.45, 2.75) is 25.3 Å². The van der Waals surface area contributed by atoms with Gasteiger partial charge in [-0.25, -0.2) is 9.97 Å². The van der Waals surface area contributed by atoms with E-state index in [1.165, 1.54) is 6.08 Å². The van der Waals surface area contributed by atoms with Crippen LogP contribution in [0.15, 0.2) is 54.3 Å². The van der Waals surface area contributed by atoms with Crippen molar-refractivity contribution in [1.29, 1.82) is 0 Å². The second kappa shape index (κ2) is 6.39. The Kier molecular flexibility index (Phi) is 3.93. The Morgan fingerprint density at radius 1 is 1.44 bits per heavy atom. The van der Waals surface area contributed by atoms with Crippen molar-refractivity contribution in [2.24, 2.45) is 0 Å². The number of aromatic nitrogens is 3. The molecular formula is C19H18N4O2. The monoisotopic (exact) mass is 334 g/mol. The molecule has 1 aliphatic carbocycles. The number of hydrogen-bond donors (Lipinski definition) is 2. The third-order valence-corrected chi connectivity index (χ3v) is 4.48. The fourth-order valence-electron chi connectivity index (χ4n) is 3.33. The first-order chi connectivity index (χ1) is 12.3. The molecule has 0 fully saturated rings. The molecule has 1 amide bonds. The molecule has 1 aliphatic rings. The van der Waals surface area contributed by atoms with E-state index in [9.17, 15) is 4.79 Å². The highest BCUT2D eigenvalue weighted by atomic mass is 16.3. The summed E-state index contributed by atoms with van der Waals surface area (Å²) in [4.78, 5) is 23.7. The predicted molar refractivity (Wildman–Crippen MR) is 95.5 cm³/mol. The standard InChI is InChI=1S/C19H18N4O2/c1-2-16(24)23-14-5-3-4-12(8-14)18-17-15(13-6-7-25-10-13)9-20-19(17)22-11-21-18/h2,6-11,14H,1,3-5H2,(H,23,24)(H,20,21,22). The van der Waals surface area contributed by atoms with Gasteiger partial charge in [-0.2, -0.15) is 0 Å². The minimum Gasteiger partial charge on any atom is -0.472 e. The van der Waals surface area contributed by atoms with E-state index < -0.39 is 0 Å². The molecular weight excluding hydrogens is 316 g/mol. The molecule has 3 aromatic heterocycles. The zero-order chi connectivity index (χ0) is 17.2. The Bertz CT molecular complexity index is 953. The molecule has 25 heavy (non-hydrogen) atoms. The number of allylic oxidation sites excluding steroid dienone is 1. The highest BCUT2D eigenvalue weighted by molar-refractivity contribution is 6.00. The predicted octanol–water partition coefficient (Wildman–Crippen LogP) is 3.46. The summed E-state index contributed by atoms with van der Waals surface area (Å²) in [5.41, 5.74) is 4.81. The molecule has 2 N–H and O–H groups in total. The van der Waals surface area contributed by atoms with Gasteiger partial charge in [0.05, 0.1) is 23.6 Å². The first kappa shape index (κ1) is 15.4. The lowest BCUT2D eigenvalue weighted by Gasteiger charge is -2.22. The van der Waals surface area contributed by atoms with Crippen molar-refractivity contribution in [3.8, 4) is 11.1 Å². The summed E-state index contributed by atoms with van der Waals surface area (Å²) >= 11 is 0. The lowest BCUT2D eigenvalue weighted by atomic mass is 9.91. The Morgan fingerprint density at radius 2 is 2.36 bits per heavy atom. The molecule has 6 heteroatoms. The number of nitrogens with one attached hydrogen (secondary N) is 2. The van der Waals surface area contributed by atoms with Crippen LogP contribution in [0.1, 0.15) is 25.0 Å². The summed E-state index contributed by atoms with van der Waals surface area (Å²) in [6.07, 6.45) is 13.1. The van der Waals surface area contributed by atoms with Crippen LogP contribution in [0.5, 0.6) is 0 Å². The maximum atomic E-state index is 11.6. The van der Waals surface area contributed by atoms with E-state index in [4.69, 9.17) is 4.42 Å². The third-order valence-electron chi connectivity index (χ3n) is 4.48. The smallest absolute Gasteiger partial charge is 0.243 e. The van der Waals surface area contributed by atoms with Crippen molar-refractivity contribution in [2.75, 3.05) is 0 Å². The number of hydrogen-bond acceptors (Lipinski definition) is 4.